The Morgan fingerprint density at radius 3 is 2.19 bits per heavy atom. The zero-order valence-corrected chi connectivity index (χ0v) is 16.2. The molecule has 1 aromatic rings. The third-order valence-corrected chi connectivity index (χ3v) is 6.76. The molecule has 1 aromatic carbocycles. The van der Waals surface area contributed by atoms with Crippen LogP contribution in [-0.4, -0.2) is 32.6 Å². The van der Waals surface area contributed by atoms with E-state index in [2.05, 4.69) is 0 Å². The Morgan fingerprint density at radius 2 is 1.63 bits per heavy atom. The van der Waals surface area contributed by atoms with Crippen LogP contribution in [0.15, 0.2) is 18.2 Å². The summed E-state index contributed by atoms with van der Waals surface area (Å²) >= 11 is 0. The van der Waals surface area contributed by atoms with Crippen LogP contribution in [0.5, 0.6) is 11.5 Å². The van der Waals surface area contributed by atoms with Gasteiger partial charge in [0.2, 0.25) is 5.78 Å². The summed E-state index contributed by atoms with van der Waals surface area (Å²) in [5, 5.41) is 0. The second kappa shape index (κ2) is 7.17. The van der Waals surface area contributed by atoms with E-state index in [-0.39, 0.29) is 23.8 Å². The molecular weight excluding hydrogens is 344 g/mol. The minimum Gasteiger partial charge on any atom is -0.497 e. The van der Waals surface area contributed by atoms with Gasteiger partial charge in [-0.2, -0.15) is 0 Å². The normalized spacial score (nSPS) is 30.8. The largest absolute Gasteiger partial charge is 0.497 e. The quantitative estimate of drug-likeness (QED) is 0.534. The molecule has 5 nitrogen and oxygen atoms in total. The van der Waals surface area contributed by atoms with Gasteiger partial charge in [0.25, 0.3) is 0 Å². The lowest BCUT2D eigenvalue weighted by atomic mass is 9.49. The van der Waals surface area contributed by atoms with E-state index in [9.17, 15) is 9.59 Å². The minimum absolute atomic E-state index is 0.128. The van der Waals surface area contributed by atoms with Crippen molar-refractivity contribution in [3.63, 3.8) is 0 Å². The zero-order chi connectivity index (χ0) is 19.0. The van der Waals surface area contributed by atoms with Gasteiger partial charge in [-0.15, -0.1) is 0 Å². The predicted octanol–water partition coefficient (Wildman–Crippen LogP) is 4.04. The first-order valence-corrected chi connectivity index (χ1v) is 9.91. The van der Waals surface area contributed by atoms with Crippen molar-refractivity contribution in [2.75, 3.05) is 20.8 Å². The molecule has 0 aliphatic heterocycles. The molecule has 0 heterocycles. The number of Topliss-reactive ketones (excluding diaryl/α,β-unsaturated/α-hetero) is 1. The summed E-state index contributed by atoms with van der Waals surface area (Å²) in [5.74, 6) is 2.90. The van der Waals surface area contributed by atoms with Gasteiger partial charge in [0, 0.05) is 0 Å². The maximum atomic E-state index is 12.5. The minimum atomic E-state index is -0.274. The molecule has 0 amide bonds. The number of carbonyl (C=O) groups excluding carboxylic acids is 2. The molecule has 0 saturated heterocycles. The van der Waals surface area contributed by atoms with E-state index >= 15 is 0 Å². The summed E-state index contributed by atoms with van der Waals surface area (Å²) in [6, 6.07) is 5.03. The lowest BCUT2D eigenvalue weighted by Gasteiger charge is -2.56. The zero-order valence-electron chi connectivity index (χ0n) is 16.2. The lowest BCUT2D eigenvalue weighted by molar-refractivity contribution is -0.150. The summed E-state index contributed by atoms with van der Waals surface area (Å²) < 4.78 is 15.8. The molecule has 4 saturated carbocycles. The van der Waals surface area contributed by atoms with Crippen molar-refractivity contribution in [2.24, 2.45) is 23.2 Å². The Morgan fingerprint density at radius 1 is 1.00 bits per heavy atom. The molecule has 4 aliphatic rings. The molecule has 0 unspecified atom stereocenters. The van der Waals surface area contributed by atoms with Crippen LogP contribution in [0.2, 0.25) is 0 Å². The average molecular weight is 372 g/mol. The van der Waals surface area contributed by atoms with Gasteiger partial charge < -0.3 is 14.2 Å². The molecule has 0 N–H and O–H groups in total. The highest BCUT2D eigenvalue weighted by molar-refractivity contribution is 6.00. The number of hydrogen-bond acceptors (Lipinski definition) is 5. The molecule has 0 atom stereocenters. The summed E-state index contributed by atoms with van der Waals surface area (Å²) in [6.45, 7) is -0.255. The van der Waals surface area contributed by atoms with E-state index in [0.717, 1.165) is 37.0 Å². The van der Waals surface area contributed by atoms with E-state index in [1.165, 1.54) is 26.4 Å². The van der Waals surface area contributed by atoms with Gasteiger partial charge in [-0.1, -0.05) is 0 Å². The maximum Gasteiger partial charge on any atom is 0.306 e. The molecule has 4 fully saturated rings. The molecule has 4 aliphatic carbocycles. The first-order chi connectivity index (χ1) is 13.0. The topological polar surface area (TPSA) is 61.8 Å². The van der Waals surface area contributed by atoms with Crippen molar-refractivity contribution in [1.29, 1.82) is 0 Å². The SMILES string of the molecule is COc1ccc(OC)c(C(=O)COC(=O)CC23CC4CC(CC(C4)C2)C3)c1. The number of benzene rings is 1. The molecule has 4 bridgehead atoms. The first-order valence-electron chi connectivity index (χ1n) is 9.91. The lowest BCUT2D eigenvalue weighted by Crippen LogP contribution is -2.47. The van der Waals surface area contributed by atoms with Gasteiger partial charge in [-0.3, -0.25) is 9.59 Å². The van der Waals surface area contributed by atoms with Crippen molar-refractivity contribution >= 4 is 11.8 Å². The van der Waals surface area contributed by atoms with Crippen molar-refractivity contribution in [3.05, 3.63) is 23.8 Å². The fourth-order valence-corrected chi connectivity index (χ4v) is 6.12. The van der Waals surface area contributed by atoms with Crippen molar-refractivity contribution in [2.45, 2.75) is 44.9 Å². The fraction of sp³-hybridized carbons (Fsp3) is 0.636. The number of ether oxygens (including phenoxy) is 3. The Bertz CT molecular complexity index is 703. The second-order valence-corrected chi connectivity index (χ2v) is 8.74. The number of carbonyl (C=O) groups is 2. The highest BCUT2D eigenvalue weighted by atomic mass is 16.5. The fourth-order valence-electron chi connectivity index (χ4n) is 6.12. The Hall–Kier alpha value is -2.04. The predicted molar refractivity (Wildman–Crippen MR) is 100 cm³/mol. The van der Waals surface area contributed by atoms with Crippen LogP contribution >= 0.6 is 0 Å². The number of methoxy groups -OCH3 is 2. The van der Waals surface area contributed by atoms with Gasteiger partial charge >= 0.3 is 5.97 Å². The summed E-state index contributed by atoms with van der Waals surface area (Å²) in [4.78, 5) is 25.1. The van der Waals surface area contributed by atoms with Crippen LogP contribution in [0.1, 0.15) is 55.3 Å². The monoisotopic (exact) mass is 372 g/mol. The standard InChI is InChI=1S/C22H28O5/c1-25-17-3-4-20(26-2)18(8-17)19(23)13-27-21(24)12-22-9-14-5-15(10-22)7-16(6-14)11-22/h3-4,8,14-16H,5-7,9-13H2,1-2H3. The van der Waals surface area contributed by atoms with Gasteiger partial charge in [0.1, 0.15) is 11.5 Å². The molecule has 0 radical (unpaired) electrons. The molecule has 5 rings (SSSR count). The third kappa shape index (κ3) is 3.69. The second-order valence-electron chi connectivity index (χ2n) is 8.74. The third-order valence-electron chi connectivity index (χ3n) is 6.76. The molecule has 0 aromatic heterocycles. The number of esters is 1. The summed E-state index contributed by atoms with van der Waals surface area (Å²) in [6.07, 6.45) is 7.98. The van der Waals surface area contributed by atoms with E-state index in [0.29, 0.717) is 23.5 Å². The van der Waals surface area contributed by atoms with Crippen molar-refractivity contribution < 1.29 is 23.8 Å². The van der Waals surface area contributed by atoms with Crippen LogP contribution in [0, 0.1) is 23.2 Å². The van der Waals surface area contributed by atoms with E-state index in [1.807, 2.05) is 0 Å². The van der Waals surface area contributed by atoms with Crippen molar-refractivity contribution in [1.82, 2.24) is 0 Å². The molecule has 146 valence electrons. The Labute approximate surface area is 160 Å². The van der Waals surface area contributed by atoms with E-state index in [4.69, 9.17) is 14.2 Å². The van der Waals surface area contributed by atoms with Crippen LogP contribution in [0.4, 0.5) is 0 Å². The maximum absolute atomic E-state index is 12.5. The van der Waals surface area contributed by atoms with Crippen LogP contribution < -0.4 is 9.47 Å². The first kappa shape index (κ1) is 18.3. The Balaban J connectivity index is 1.36. The Kier molecular flexibility index (Phi) is 4.87. The highest BCUT2D eigenvalue weighted by Crippen LogP contribution is 2.61. The van der Waals surface area contributed by atoms with E-state index < -0.39 is 0 Å². The van der Waals surface area contributed by atoms with Gasteiger partial charge in [0.15, 0.2) is 6.61 Å². The number of rotatable bonds is 7. The number of ketones is 1. The molecular formula is C22H28O5. The van der Waals surface area contributed by atoms with Gasteiger partial charge in [-0.25, -0.2) is 0 Å². The van der Waals surface area contributed by atoms with Crippen molar-refractivity contribution in [3.8, 4) is 11.5 Å². The number of hydrogen-bond donors (Lipinski definition) is 0. The summed E-state index contributed by atoms with van der Waals surface area (Å²) in [7, 11) is 3.05. The molecule has 27 heavy (non-hydrogen) atoms. The smallest absolute Gasteiger partial charge is 0.306 e. The average Bonchev–Trinajstić information content (AvgIpc) is 2.64. The van der Waals surface area contributed by atoms with Crippen LogP contribution in [0.3, 0.4) is 0 Å². The van der Waals surface area contributed by atoms with Crippen LogP contribution in [-0.2, 0) is 9.53 Å². The molecule has 5 heteroatoms. The van der Waals surface area contributed by atoms with Crippen LogP contribution in [0.25, 0.3) is 0 Å². The highest BCUT2D eigenvalue weighted by Gasteiger charge is 2.51. The van der Waals surface area contributed by atoms with E-state index in [1.54, 1.807) is 25.3 Å². The van der Waals surface area contributed by atoms with Gasteiger partial charge in [0.05, 0.1) is 26.2 Å². The van der Waals surface area contributed by atoms with Gasteiger partial charge in [-0.05, 0) is 79.9 Å². The summed E-state index contributed by atoms with van der Waals surface area (Å²) in [5.41, 5.74) is 0.502. The molecule has 0 spiro atoms.